The third-order valence-electron chi connectivity index (χ3n) is 2.33. The van der Waals surface area contributed by atoms with Gasteiger partial charge in [-0.1, -0.05) is 24.3 Å². The van der Waals surface area contributed by atoms with Crippen LogP contribution in [-0.4, -0.2) is 16.7 Å². The van der Waals surface area contributed by atoms with Crippen molar-refractivity contribution in [3.8, 4) is 0 Å². The molecule has 4 nitrogen and oxygen atoms in total. The fourth-order valence-electron chi connectivity index (χ4n) is 1.49. The number of carbonyl (C=O) groups excluding carboxylic acids is 2. The first-order valence-electron chi connectivity index (χ1n) is 5.55. The fraction of sp³-hybridized carbons (Fsp3) is 0.0714. The Hall–Kier alpha value is -2.49. The molecule has 0 fully saturated rings. The summed E-state index contributed by atoms with van der Waals surface area (Å²) in [5.74, 6) is -0.624. The van der Waals surface area contributed by atoms with E-state index in [1.165, 1.54) is 6.20 Å². The summed E-state index contributed by atoms with van der Waals surface area (Å²) >= 11 is 0. The van der Waals surface area contributed by atoms with Crippen LogP contribution >= 0.6 is 0 Å². The molecule has 2 rings (SSSR count). The number of para-hydroxylation sites is 1. The highest BCUT2D eigenvalue weighted by Crippen LogP contribution is 2.06. The monoisotopic (exact) mass is 240 g/mol. The van der Waals surface area contributed by atoms with Gasteiger partial charge in [-0.15, -0.1) is 0 Å². The molecule has 1 aromatic heterocycles. The lowest BCUT2D eigenvalue weighted by Gasteiger charge is -2.03. The number of hydrogen-bond donors (Lipinski definition) is 1. The number of rotatable bonds is 4. The molecule has 4 heteroatoms. The minimum atomic E-state index is -0.336. The number of carbonyl (C=O) groups is 2. The molecular weight excluding hydrogens is 228 g/mol. The second-order valence-corrected chi connectivity index (χ2v) is 3.73. The van der Waals surface area contributed by atoms with Crippen LogP contribution in [0, 0.1) is 0 Å². The Labute approximate surface area is 105 Å². The summed E-state index contributed by atoms with van der Waals surface area (Å²) < 4.78 is 0. The SMILES string of the molecule is O=C(CC(=O)c1ccccn1)Nc1ccccc1. The highest BCUT2D eigenvalue weighted by molar-refractivity contribution is 6.10. The summed E-state index contributed by atoms with van der Waals surface area (Å²) in [7, 11) is 0. The van der Waals surface area contributed by atoms with E-state index in [-0.39, 0.29) is 18.1 Å². The van der Waals surface area contributed by atoms with Crippen LogP contribution in [0.3, 0.4) is 0 Å². The topological polar surface area (TPSA) is 59.1 Å². The van der Waals surface area contributed by atoms with Gasteiger partial charge in [0.1, 0.15) is 5.69 Å². The molecule has 0 aliphatic rings. The van der Waals surface area contributed by atoms with Crippen molar-refractivity contribution in [3.63, 3.8) is 0 Å². The van der Waals surface area contributed by atoms with E-state index in [4.69, 9.17) is 0 Å². The predicted molar refractivity (Wildman–Crippen MR) is 68.3 cm³/mol. The zero-order chi connectivity index (χ0) is 12.8. The minimum absolute atomic E-state index is 0.202. The molecule has 0 atom stereocenters. The van der Waals surface area contributed by atoms with Crippen molar-refractivity contribution in [1.29, 1.82) is 0 Å². The first-order valence-corrected chi connectivity index (χ1v) is 5.55. The third kappa shape index (κ3) is 3.25. The average Bonchev–Trinajstić information content (AvgIpc) is 2.40. The van der Waals surface area contributed by atoms with Crippen molar-refractivity contribution >= 4 is 17.4 Å². The van der Waals surface area contributed by atoms with Crippen LogP contribution in [0.25, 0.3) is 0 Å². The lowest BCUT2D eigenvalue weighted by molar-refractivity contribution is -0.115. The summed E-state index contributed by atoms with van der Waals surface area (Å²) in [6.45, 7) is 0. The van der Waals surface area contributed by atoms with E-state index in [0.717, 1.165) is 0 Å². The number of pyridine rings is 1. The van der Waals surface area contributed by atoms with Crippen LogP contribution in [0.5, 0.6) is 0 Å². The number of Topliss-reactive ketones (excluding diaryl/α,β-unsaturated/α-hetero) is 1. The molecule has 1 amide bonds. The third-order valence-corrected chi connectivity index (χ3v) is 2.33. The van der Waals surface area contributed by atoms with Crippen LogP contribution in [0.15, 0.2) is 54.7 Å². The summed E-state index contributed by atoms with van der Waals surface area (Å²) in [4.78, 5) is 27.3. The standard InChI is InChI=1S/C14H12N2O2/c17-13(12-8-4-5-9-15-12)10-14(18)16-11-6-2-1-3-7-11/h1-9H,10H2,(H,16,18). The molecule has 2 aromatic rings. The molecule has 0 aliphatic carbocycles. The number of benzene rings is 1. The number of aromatic nitrogens is 1. The normalized spacial score (nSPS) is 9.78. The van der Waals surface area contributed by atoms with E-state index < -0.39 is 0 Å². The second-order valence-electron chi connectivity index (χ2n) is 3.73. The number of anilines is 1. The lowest BCUT2D eigenvalue weighted by atomic mass is 10.2. The minimum Gasteiger partial charge on any atom is -0.326 e. The van der Waals surface area contributed by atoms with Gasteiger partial charge in [-0.3, -0.25) is 14.6 Å². The van der Waals surface area contributed by atoms with Gasteiger partial charge in [0, 0.05) is 11.9 Å². The summed E-state index contributed by atoms with van der Waals surface area (Å²) in [6.07, 6.45) is 1.33. The molecule has 0 saturated carbocycles. The molecule has 0 unspecified atom stereocenters. The predicted octanol–water partition coefficient (Wildman–Crippen LogP) is 2.29. The van der Waals surface area contributed by atoms with Crippen molar-refractivity contribution in [2.45, 2.75) is 6.42 Å². The van der Waals surface area contributed by atoms with E-state index in [2.05, 4.69) is 10.3 Å². The Balaban J connectivity index is 1.94. The van der Waals surface area contributed by atoms with Crippen LogP contribution in [0.1, 0.15) is 16.9 Å². The van der Waals surface area contributed by atoms with Gasteiger partial charge in [0.2, 0.25) is 5.91 Å². The Kier molecular flexibility index (Phi) is 3.81. The Morgan fingerprint density at radius 2 is 1.72 bits per heavy atom. The molecule has 1 N–H and O–H groups in total. The Bertz CT molecular complexity index is 538. The summed E-state index contributed by atoms with van der Waals surface area (Å²) in [6, 6.07) is 14.1. The van der Waals surface area contributed by atoms with Crippen LogP contribution < -0.4 is 5.32 Å². The molecule has 0 saturated heterocycles. The van der Waals surface area contributed by atoms with Crippen molar-refractivity contribution in [2.75, 3.05) is 5.32 Å². The van der Waals surface area contributed by atoms with Crippen LogP contribution in [0.4, 0.5) is 5.69 Å². The van der Waals surface area contributed by atoms with Crippen molar-refractivity contribution < 1.29 is 9.59 Å². The van der Waals surface area contributed by atoms with E-state index in [1.807, 2.05) is 18.2 Å². The molecule has 0 aliphatic heterocycles. The zero-order valence-corrected chi connectivity index (χ0v) is 9.67. The van der Waals surface area contributed by atoms with Gasteiger partial charge in [-0.2, -0.15) is 0 Å². The van der Waals surface area contributed by atoms with Crippen LogP contribution in [-0.2, 0) is 4.79 Å². The molecule has 1 heterocycles. The molecule has 0 bridgehead atoms. The van der Waals surface area contributed by atoms with E-state index in [9.17, 15) is 9.59 Å². The van der Waals surface area contributed by atoms with E-state index in [0.29, 0.717) is 11.4 Å². The summed E-state index contributed by atoms with van der Waals surface area (Å²) in [5.41, 5.74) is 0.983. The number of nitrogens with zero attached hydrogens (tertiary/aromatic N) is 1. The molecule has 18 heavy (non-hydrogen) atoms. The number of ketones is 1. The number of hydrogen-bond acceptors (Lipinski definition) is 3. The maximum atomic E-state index is 11.7. The van der Waals surface area contributed by atoms with Gasteiger partial charge >= 0.3 is 0 Å². The summed E-state index contributed by atoms with van der Waals surface area (Å²) in [5, 5.41) is 2.66. The zero-order valence-electron chi connectivity index (χ0n) is 9.67. The van der Waals surface area contributed by atoms with Gasteiger partial charge < -0.3 is 5.32 Å². The average molecular weight is 240 g/mol. The lowest BCUT2D eigenvalue weighted by Crippen LogP contribution is -2.17. The van der Waals surface area contributed by atoms with Gasteiger partial charge in [-0.05, 0) is 24.3 Å². The van der Waals surface area contributed by atoms with Crippen LogP contribution in [0.2, 0.25) is 0 Å². The van der Waals surface area contributed by atoms with Crippen molar-refractivity contribution in [3.05, 3.63) is 60.4 Å². The first-order chi connectivity index (χ1) is 8.75. The molecule has 90 valence electrons. The highest BCUT2D eigenvalue weighted by Gasteiger charge is 2.12. The largest absolute Gasteiger partial charge is 0.326 e. The Morgan fingerprint density at radius 3 is 2.39 bits per heavy atom. The number of nitrogens with one attached hydrogen (secondary N) is 1. The quantitative estimate of drug-likeness (QED) is 0.659. The smallest absolute Gasteiger partial charge is 0.232 e. The van der Waals surface area contributed by atoms with Gasteiger partial charge in [0.05, 0.1) is 6.42 Å². The fourth-order valence-corrected chi connectivity index (χ4v) is 1.49. The highest BCUT2D eigenvalue weighted by atomic mass is 16.2. The molecule has 1 aromatic carbocycles. The van der Waals surface area contributed by atoms with Crippen molar-refractivity contribution in [1.82, 2.24) is 4.98 Å². The van der Waals surface area contributed by atoms with E-state index in [1.54, 1.807) is 30.3 Å². The van der Waals surface area contributed by atoms with Gasteiger partial charge in [0.15, 0.2) is 5.78 Å². The molecule has 0 radical (unpaired) electrons. The van der Waals surface area contributed by atoms with Gasteiger partial charge in [0.25, 0.3) is 0 Å². The maximum Gasteiger partial charge on any atom is 0.232 e. The Morgan fingerprint density at radius 1 is 1.00 bits per heavy atom. The second kappa shape index (κ2) is 5.72. The van der Waals surface area contributed by atoms with E-state index >= 15 is 0 Å². The van der Waals surface area contributed by atoms with Gasteiger partial charge in [-0.25, -0.2) is 0 Å². The molecular formula is C14H12N2O2. The van der Waals surface area contributed by atoms with Crippen molar-refractivity contribution in [2.24, 2.45) is 0 Å². The molecule has 0 spiro atoms. The number of amides is 1. The first kappa shape index (κ1) is 12.0. The maximum absolute atomic E-state index is 11.7.